The molecule has 110 valence electrons. The Morgan fingerprint density at radius 3 is 2.38 bits per heavy atom. The smallest absolute Gasteiger partial charge is 0.261 e. The fourth-order valence-electron chi connectivity index (χ4n) is 2.89. The fraction of sp³-hybridized carbons (Fsp3) is 0.438. The zero-order chi connectivity index (χ0) is 15.1. The van der Waals surface area contributed by atoms with Crippen LogP contribution >= 0.6 is 0 Å². The number of likely N-dealkylation sites (tertiary alicyclic amines) is 1. The number of fused-ring (bicyclic) bond motifs is 1. The number of hydrogen-bond donors (Lipinski definition) is 0. The van der Waals surface area contributed by atoms with E-state index in [4.69, 9.17) is 0 Å². The predicted octanol–water partition coefficient (Wildman–Crippen LogP) is 1.78. The lowest BCUT2D eigenvalue weighted by Gasteiger charge is -2.30. The van der Waals surface area contributed by atoms with E-state index in [0.29, 0.717) is 22.6 Å². The van der Waals surface area contributed by atoms with Crippen LogP contribution in [0.15, 0.2) is 18.2 Å². The van der Waals surface area contributed by atoms with Gasteiger partial charge in [-0.25, -0.2) is 0 Å². The molecule has 0 aliphatic carbocycles. The number of carbonyl (C=O) groups is 3. The molecule has 0 atom stereocenters. The maximum absolute atomic E-state index is 12.5. The van der Waals surface area contributed by atoms with Gasteiger partial charge in [0.1, 0.15) is 0 Å². The SMILES string of the molecule is CC1CCN(C(=O)c2ccc3c(c2)C(=O)N(C)C3=O)CC1. The van der Waals surface area contributed by atoms with Crippen LogP contribution in [0.5, 0.6) is 0 Å². The Morgan fingerprint density at radius 1 is 1.10 bits per heavy atom. The number of amides is 3. The first-order chi connectivity index (χ1) is 9.99. The van der Waals surface area contributed by atoms with Crippen LogP contribution in [0.2, 0.25) is 0 Å². The van der Waals surface area contributed by atoms with Gasteiger partial charge >= 0.3 is 0 Å². The molecule has 21 heavy (non-hydrogen) atoms. The molecule has 2 aliphatic rings. The summed E-state index contributed by atoms with van der Waals surface area (Å²) in [7, 11) is 1.46. The minimum absolute atomic E-state index is 0.0560. The summed E-state index contributed by atoms with van der Waals surface area (Å²) >= 11 is 0. The lowest BCUT2D eigenvalue weighted by molar-refractivity contribution is 0.0687. The fourth-order valence-corrected chi connectivity index (χ4v) is 2.89. The lowest BCUT2D eigenvalue weighted by atomic mass is 9.98. The highest BCUT2D eigenvalue weighted by Crippen LogP contribution is 2.24. The molecule has 0 radical (unpaired) electrons. The zero-order valence-electron chi connectivity index (χ0n) is 12.3. The van der Waals surface area contributed by atoms with Crippen LogP contribution in [0.25, 0.3) is 0 Å². The van der Waals surface area contributed by atoms with Crippen LogP contribution in [0.4, 0.5) is 0 Å². The Morgan fingerprint density at radius 2 is 1.71 bits per heavy atom. The van der Waals surface area contributed by atoms with E-state index in [1.54, 1.807) is 18.2 Å². The average Bonchev–Trinajstić information content (AvgIpc) is 2.72. The minimum atomic E-state index is -0.336. The van der Waals surface area contributed by atoms with E-state index < -0.39 is 0 Å². The first-order valence-electron chi connectivity index (χ1n) is 7.24. The molecule has 1 aromatic carbocycles. The van der Waals surface area contributed by atoms with Gasteiger partial charge in [0.05, 0.1) is 11.1 Å². The molecule has 1 saturated heterocycles. The molecule has 3 amide bonds. The van der Waals surface area contributed by atoms with Gasteiger partial charge in [-0.05, 0) is 37.0 Å². The monoisotopic (exact) mass is 286 g/mol. The molecule has 3 rings (SSSR count). The normalized spacial score (nSPS) is 19.1. The second-order valence-corrected chi connectivity index (χ2v) is 5.90. The van der Waals surface area contributed by atoms with Crippen molar-refractivity contribution in [2.45, 2.75) is 19.8 Å². The van der Waals surface area contributed by atoms with Gasteiger partial charge in [0.15, 0.2) is 0 Å². The van der Waals surface area contributed by atoms with Crippen LogP contribution in [-0.2, 0) is 0 Å². The van der Waals surface area contributed by atoms with Crippen molar-refractivity contribution in [1.29, 1.82) is 0 Å². The zero-order valence-corrected chi connectivity index (χ0v) is 12.3. The largest absolute Gasteiger partial charge is 0.339 e. The van der Waals surface area contributed by atoms with Crippen molar-refractivity contribution in [3.05, 3.63) is 34.9 Å². The maximum Gasteiger partial charge on any atom is 0.261 e. The van der Waals surface area contributed by atoms with E-state index in [1.807, 2.05) is 4.90 Å². The molecule has 0 aromatic heterocycles. The van der Waals surface area contributed by atoms with Crippen LogP contribution in [0, 0.1) is 5.92 Å². The van der Waals surface area contributed by atoms with E-state index in [2.05, 4.69) is 6.92 Å². The first kappa shape index (κ1) is 13.8. The Hall–Kier alpha value is -2.17. The summed E-state index contributed by atoms with van der Waals surface area (Å²) in [6, 6.07) is 4.78. The first-order valence-corrected chi connectivity index (χ1v) is 7.24. The Labute approximate surface area is 123 Å². The Bertz CT molecular complexity index is 630. The van der Waals surface area contributed by atoms with Gasteiger partial charge < -0.3 is 4.90 Å². The van der Waals surface area contributed by atoms with Gasteiger partial charge in [-0.2, -0.15) is 0 Å². The second-order valence-electron chi connectivity index (χ2n) is 5.90. The summed E-state index contributed by atoms with van der Waals surface area (Å²) in [5.74, 6) is -0.0425. The molecule has 1 fully saturated rings. The van der Waals surface area contributed by atoms with Crippen LogP contribution in [0.1, 0.15) is 50.8 Å². The standard InChI is InChI=1S/C16H18N2O3/c1-10-5-7-18(8-6-10)14(19)11-3-4-12-13(9-11)16(21)17(2)15(12)20/h3-4,9-10H,5-8H2,1-2H3. The average molecular weight is 286 g/mol. The van der Waals surface area contributed by atoms with Crippen molar-refractivity contribution >= 4 is 17.7 Å². The molecule has 0 N–H and O–H groups in total. The summed E-state index contributed by atoms with van der Waals surface area (Å²) in [6.07, 6.45) is 2.02. The number of imide groups is 1. The summed E-state index contributed by atoms with van der Waals surface area (Å²) in [6.45, 7) is 3.70. The molecule has 0 unspecified atom stereocenters. The highest BCUT2D eigenvalue weighted by atomic mass is 16.2. The number of rotatable bonds is 1. The summed E-state index contributed by atoms with van der Waals surface area (Å²) in [5, 5.41) is 0. The molecule has 5 nitrogen and oxygen atoms in total. The van der Waals surface area contributed by atoms with E-state index >= 15 is 0 Å². The van der Waals surface area contributed by atoms with E-state index in [9.17, 15) is 14.4 Å². The second kappa shape index (κ2) is 4.98. The highest BCUT2D eigenvalue weighted by molar-refractivity contribution is 6.21. The molecule has 2 aliphatic heterocycles. The van der Waals surface area contributed by atoms with Gasteiger partial charge in [0, 0.05) is 25.7 Å². The van der Waals surface area contributed by atoms with Gasteiger partial charge in [-0.3, -0.25) is 19.3 Å². The third-order valence-electron chi connectivity index (χ3n) is 4.41. The van der Waals surface area contributed by atoms with E-state index in [-0.39, 0.29) is 17.7 Å². The van der Waals surface area contributed by atoms with Crippen molar-refractivity contribution in [2.75, 3.05) is 20.1 Å². The van der Waals surface area contributed by atoms with Gasteiger partial charge in [-0.1, -0.05) is 6.92 Å². The van der Waals surface area contributed by atoms with E-state index in [0.717, 1.165) is 30.8 Å². The third-order valence-corrected chi connectivity index (χ3v) is 4.41. The molecule has 0 spiro atoms. The minimum Gasteiger partial charge on any atom is -0.339 e. The maximum atomic E-state index is 12.5. The van der Waals surface area contributed by atoms with Crippen LogP contribution < -0.4 is 0 Å². The van der Waals surface area contributed by atoms with Crippen molar-refractivity contribution in [3.63, 3.8) is 0 Å². The molecule has 0 saturated carbocycles. The molecule has 5 heteroatoms. The molecule has 0 bridgehead atoms. The Balaban J connectivity index is 1.86. The molecular formula is C16H18N2O3. The molecule has 2 heterocycles. The number of nitrogens with zero attached hydrogens (tertiary/aromatic N) is 2. The number of benzene rings is 1. The third kappa shape index (κ3) is 2.22. The molecular weight excluding hydrogens is 268 g/mol. The van der Waals surface area contributed by atoms with Crippen molar-refractivity contribution < 1.29 is 14.4 Å². The highest BCUT2D eigenvalue weighted by Gasteiger charge is 2.33. The number of piperidine rings is 1. The Kier molecular flexibility index (Phi) is 3.27. The van der Waals surface area contributed by atoms with Crippen LogP contribution in [0.3, 0.4) is 0 Å². The lowest BCUT2D eigenvalue weighted by Crippen LogP contribution is -2.37. The molecule has 1 aromatic rings. The van der Waals surface area contributed by atoms with Crippen molar-refractivity contribution in [3.8, 4) is 0 Å². The summed E-state index contributed by atoms with van der Waals surface area (Å²) in [5.41, 5.74) is 1.20. The van der Waals surface area contributed by atoms with Crippen LogP contribution in [-0.4, -0.2) is 47.7 Å². The number of carbonyl (C=O) groups excluding carboxylic acids is 3. The summed E-state index contributed by atoms with van der Waals surface area (Å²) < 4.78 is 0. The number of hydrogen-bond acceptors (Lipinski definition) is 3. The predicted molar refractivity (Wildman–Crippen MR) is 77.2 cm³/mol. The van der Waals surface area contributed by atoms with E-state index in [1.165, 1.54) is 7.05 Å². The van der Waals surface area contributed by atoms with Crippen molar-refractivity contribution in [1.82, 2.24) is 9.80 Å². The quantitative estimate of drug-likeness (QED) is 0.739. The van der Waals surface area contributed by atoms with Gasteiger partial charge in [-0.15, -0.1) is 0 Å². The topological polar surface area (TPSA) is 57.7 Å². The van der Waals surface area contributed by atoms with Gasteiger partial charge in [0.25, 0.3) is 17.7 Å². The van der Waals surface area contributed by atoms with Crippen molar-refractivity contribution in [2.24, 2.45) is 5.92 Å². The summed E-state index contributed by atoms with van der Waals surface area (Å²) in [4.78, 5) is 39.2. The van der Waals surface area contributed by atoms with Gasteiger partial charge in [0.2, 0.25) is 0 Å².